The zero-order chi connectivity index (χ0) is 14.0. The van der Waals surface area contributed by atoms with Crippen LogP contribution in [0.4, 0.5) is 5.69 Å². The van der Waals surface area contributed by atoms with Gasteiger partial charge in [0.15, 0.2) is 0 Å². The monoisotopic (exact) mass is 262 g/mol. The van der Waals surface area contributed by atoms with Crippen molar-refractivity contribution in [2.24, 2.45) is 5.92 Å². The smallest absolute Gasteiger partial charge is 0.142 e. The van der Waals surface area contributed by atoms with Crippen molar-refractivity contribution in [1.29, 1.82) is 0 Å². The Balaban J connectivity index is 2.30. The molecule has 0 bridgehead atoms. The van der Waals surface area contributed by atoms with E-state index in [2.05, 4.69) is 56.1 Å². The molecule has 1 aromatic carbocycles. The van der Waals surface area contributed by atoms with Gasteiger partial charge in [0.25, 0.3) is 0 Å². The van der Waals surface area contributed by atoms with Gasteiger partial charge in [0.05, 0.1) is 12.8 Å². The van der Waals surface area contributed by atoms with Gasteiger partial charge in [-0.05, 0) is 37.5 Å². The number of nitrogens with one attached hydrogen (secondary N) is 1. The second-order valence-corrected chi connectivity index (χ2v) is 5.94. The number of piperazine rings is 1. The number of nitrogens with zero attached hydrogens (tertiary/aromatic N) is 1. The molecule has 3 nitrogen and oxygen atoms in total. The van der Waals surface area contributed by atoms with Gasteiger partial charge in [0.2, 0.25) is 0 Å². The third-order valence-corrected chi connectivity index (χ3v) is 4.05. The SMILES string of the molecule is COc1ccc(C)cc1N1CC(C(C)C)NCC1C. The molecular formula is C16H26N2O. The number of hydrogen-bond acceptors (Lipinski definition) is 3. The normalized spacial score (nSPS) is 23.8. The summed E-state index contributed by atoms with van der Waals surface area (Å²) in [6.45, 7) is 11.0. The molecule has 0 spiro atoms. The predicted molar refractivity (Wildman–Crippen MR) is 81.2 cm³/mol. The molecule has 2 atom stereocenters. The Morgan fingerprint density at radius 2 is 2.11 bits per heavy atom. The molecule has 0 saturated carbocycles. The predicted octanol–water partition coefficient (Wildman–Crippen LogP) is 2.83. The van der Waals surface area contributed by atoms with Gasteiger partial charge in [0, 0.05) is 25.2 Å². The highest BCUT2D eigenvalue weighted by atomic mass is 16.5. The van der Waals surface area contributed by atoms with Crippen LogP contribution < -0.4 is 15.0 Å². The molecule has 1 aliphatic heterocycles. The minimum absolute atomic E-state index is 0.491. The Morgan fingerprint density at radius 1 is 1.37 bits per heavy atom. The lowest BCUT2D eigenvalue weighted by atomic mass is 9.99. The van der Waals surface area contributed by atoms with Crippen LogP contribution in [0.25, 0.3) is 0 Å². The van der Waals surface area contributed by atoms with Crippen LogP contribution in [0.15, 0.2) is 18.2 Å². The first kappa shape index (κ1) is 14.2. The fourth-order valence-electron chi connectivity index (χ4n) is 2.70. The average Bonchev–Trinajstić information content (AvgIpc) is 2.39. The van der Waals surface area contributed by atoms with E-state index >= 15 is 0 Å². The number of hydrogen-bond donors (Lipinski definition) is 1. The quantitative estimate of drug-likeness (QED) is 0.906. The molecule has 106 valence electrons. The topological polar surface area (TPSA) is 24.5 Å². The standard InChI is InChI=1S/C16H26N2O/c1-11(2)14-10-18(13(4)9-17-14)15-8-12(3)6-7-16(15)19-5/h6-8,11,13-14,17H,9-10H2,1-5H3. The lowest BCUT2D eigenvalue weighted by Gasteiger charge is -2.42. The van der Waals surface area contributed by atoms with Crippen molar-refractivity contribution in [3.63, 3.8) is 0 Å². The number of methoxy groups -OCH3 is 1. The summed E-state index contributed by atoms with van der Waals surface area (Å²) in [7, 11) is 1.75. The Kier molecular flexibility index (Phi) is 4.35. The van der Waals surface area contributed by atoms with E-state index in [-0.39, 0.29) is 0 Å². The van der Waals surface area contributed by atoms with E-state index < -0.39 is 0 Å². The summed E-state index contributed by atoms with van der Waals surface area (Å²) in [6.07, 6.45) is 0. The summed E-state index contributed by atoms with van der Waals surface area (Å²) in [5, 5.41) is 3.64. The summed E-state index contributed by atoms with van der Waals surface area (Å²) in [6, 6.07) is 7.45. The molecule has 1 aromatic rings. The van der Waals surface area contributed by atoms with Crippen LogP contribution in [0.5, 0.6) is 5.75 Å². The van der Waals surface area contributed by atoms with Crippen molar-refractivity contribution < 1.29 is 4.74 Å². The fraction of sp³-hybridized carbons (Fsp3) is 0.625. The maximum atomic E-state index is 5.54. The first-order chi connectivity index (χ1) is 9.02. The second-order valence-electron chi connectivity index (χ2n) is 5.94. The first-order valence-corrected chi connectivity index (χ1v) is 7.17. The molecule has 0 amide bonds. The average molecular weight is 262 g/mol. The maximum absolute atomic E-state index is 5.54. The zero-order valence-corrected chi connectivity index (χ0v) is 12.7. The summed E-state index contributed by atoms with van der Waals surface area (Å²) in [5.74, 6) is 1.62. The number of benzene rings is 1. The minimum Gasteiger partial charge on any atom is -0.495 e. The minimum atomic E-state index is 0.491. The summed E-state index contributed by atoms with van der Waals surface area (Å²) >= 11 is 0. The van der Waals surface area contributed by atoms with Gasteiger partial charge < -0.3 is 15.0 Å². The molecule has 3 heteroatoms. The summed E-state index contributed by atoms with van der Waals surface area (Å²) < 4.78 is 5.54. The third kappa shape index (κ3) is 3.03. The summed E-state index contributed by atoms with van der Waals surface area (Å²) in [5.41, 5.74) is 2.50. The van der Waals surface area contributed by atoms with E-state index in [1.54, 1.807) is 7.11 Å². The highest BCUT2D eigenvalue weighted by molar-refractivity contribution is 5.61. The molecule has 19 heavy (non-hydrogen) atoms. The van der Waals surface area contributed by atoms with E-state index in [9.17, 15) is 0 Å². The second kappa shape index (κ2) is 5.83. The van der Waals surface area contributed by atoms with E-state index in [1.165, 1.54) is 11.3 Å². The number of ether oxygens (including phenoxy) is 1. The fourth-order valence-corrected chi connectivity index (χ4v) is 2.70. The van der Waals surface area contributed by atoms with Gasteiger partial charge >= 0.3 is 0 Å². The first-order valence-electron chi connectivity index (χ1n) is 7.17. The largest absolute Gasteiger partial charge is 0.495 e. The number of anilines is 1. The molecule has 0 aromatic heterocycles. The molecule has 1 heterocycles. The zero-order valence-electron chi connectivity index (χ0n) is 12.7. The molecular weight excluding hydrogens is 236 g/mol. The van der Waals surface area contributed by atoms with Crippen LogP contribution in [-0.2, 0) is 0 Å². The van der Waals surface area contributed by atoms with Crippen LogP contribution in [0.1, 0.15) is 26.3 Å². The maximum Gasteiger partial charge on any atom is 0.142 e. The highest BCUT2D eigenvalue weighted by Gasteiger charge is 2.28. The van der Waals surface area contributed by atoms with Crippen LogP contribution >= 0.6 is 0 Å². The summed E-state index contributed by atoms with van der Waals surface area (Å²) in [4.78, 5) is 2.48. The molecule has 1 N–H and O–H groups in total. The van der Waals surface area contributed by atoms with Crippen molar-refractivity contribution in [3.8, 4) is 5.75 Å². The molecule has 2 rings (SSSR count). The van der Waals surface area contributed by atoms with Gasteiger partial charge in [0.1, 0.15) is 5.75 Å². The van der Waals surface area contributed by atoms with Gasteiger partial charge in [-0.15, -0.1) is 0 Å². The third-order valence-electron chi connectivity index (χ3n) is 4.05. The van der Waals surface area contributed by atoms with Crippen LogP contribution in [0, 0.1) is 12.8 Å². The molecule has 0 radical (unpaired) electrons. The number of rotatable bonds is 3. The van der Waals surface area contributed by atoms with Gasteiger partial charge in [-0.3, -0.25) is 0 Å². The van der Waals surface area contributed by atoms with E-state index in [1.807, 2.05) is 0 Å². The van der Waals surface area contributed by atoms with Crippen LogP contribution in [0.2, 0.25) is 0 Å². The lowest BCUT2D eigenvalue weighted by molar-refractivity contribution is 0.333. The van der Waals surface area contributed by atoms with Gasteiger partial charge in [-0.1, -0.05) is 19.9 Å². The Bertz CT molecular complexity index is 431. The Hall–Kier alpha value is -1.22. The van der Waals surface area contributed by atoms with Crippen LogP contribution in [-0.4, -0.2) is 32.3 Å². The van der Waals surface area contributed by atoms with Gasteiger partial charge in [-0.2, -0.15) is 0 Å². The van der Waals surface area contributed by atoms with E-state index in [4.69, 9.17) is 4.74 Å². The Morgan fingerprint density at radius 3 is 2.74 bits per heavy atom. The molecule has 2 unspecified atom stereocenters. The molecule has 1 fully saturated rings. The van der Waals surface area contributed by atoms with E-state index in [0.29, 0.717) is 18.0 Å². The highest BCUT2D eigenvalue weighted by Crippen LogP contribution is 2.32. The van der Waals surface area contributed by atoms with Crippen molar-refractivity contribution in [2.45, 2.75) is 39.8 Å². The van der Waals surface area contributed by atoms with Crippen molar-refractivity contribution in [3.05, 3.63) is 23.8 Å². The molecule has 0 aliphatic carbocycles. The van der Waals surface area contributed by atoms with Crippen LogP contribution in [0.3, 0.4) is 0 Å². The van der Waals surface area contributed by atoms with Crippen molar-refractivity contribution >= 4 is 5.69 Å². The lowest BCUT2D eigenvalue weighted by Crippen LogP contribution is -2.57. The Labute approximate surface area is 116 Å². The number of aryl methyl sites for hydroxylation is 1. The molecule has 1 saturated heterocycles. The van der Waals surface area contributed by atoms with Gasteiger partial charge in [-0.25, -0.2) is 0 Å². The van der Waals surface area contributed by atoms with E-state index in [0.717, 1.165) is 18.8 Å². The van der Waals surface area contributed by atoms with Crippen molar-refractivity contribution in [2.75, 3.05) is 25.1 Å². The van der Waals surface area contributed by atoms with Crippen molar-refractivity contribution in [1.82, 2.24) is 5.32 Å². The molecule has 1 aliphatic rings.